The summed E-state index contributed by atoms with van der Waals surface area (Å²) in [6.45, 7) is 3.75. The molecular formula is C7H8NS. The standard InChI is InChI=1S/C7H8NS/c1-5-4-9-7(8-5)6-2-3-6/h4,6H,1-3H2. The molecule has 0 bridgehead atoms. The minimum absolute atomic E-state index is 0.797. The van der Waals surface area contributed by atoms with E-state index in [0.29, 0.717) is 0 Å². The van der Waals surface area contributed by atoms with E-state index >= 15 is 0 Å². The molecular weight excluding hydrogens is 130 g/mol. The zero-order valence-electron chi connectivity index (χ0n) is 5.13. The highest BCUT2D eigenvalue weighted by atomic mass is 32.1. The predicted octanol–water partition coefficient (Wildman–Crippen LogP) is 2.20. The molecule has 1 aromatic heterocycles. The van der Waals surface area contributed by atoms with Crippen molar-refractivity contribution < 1.29 is 0 Å². The van der Waals surface area contributed by atoms with Gasteiger partial charge in [-0.2, -0.15) is 0 Å². The van der Waals surface area contributed by atoms with Crippen molar-refractivity contribution in [3.05, 3.63) is 23.0 Å². The molecule has 2 rings (SSSR count). The second-order valence-corrected chi connectivity index (χ2v) is 3.34. The van der Waals surface area contributed by atoms with Gasteiger partial charge in [-0.05, 0) is 19.8 Å². The maximum atomic E-state index is 4.28. The quantitative estimate of drug-likeness (QED) is 0.579. The number of hydrogen-bond acceptors (Lipinski definition) is 2. The van der Waals surface area contributed by atoms with Crippen molar-refractivity contribution in [2.24, 2.45) is 0 Å². The predicted molar refractivity (Wildman–Crippen MR) is 38.5 cm³/mol. The van der Waals surface area contributed by atoms with Gasteiger partial charge in [0.25, 0.3) is 0 Å². The van der Waals surface area contributed by atoms with E-state index in [0.717, 1.165) is 11.6 Å². The Bertz CT molecular complexity index is 212. The highest BCUT2D eigenvalue weighted by Crippen LogP contribution is 2.41. The molecule has 1 nitrogen and oxygen atoms in total. The van der Waals surface area contributed by atoms with Gasteiger partial charge < -0.3 is 0 Å². The second kappa shape index (κ2) is 1.81. The van der Waals surface area contributed by atoms with Gasteiger partial charge in [-0.15, -0.1) is 11.3 Å². The van der Waals surface area contributed by atoms with Crippen molar-refractivity contribution in [1.29, 1.82) is 0 Å². The fourth-order valence-corrected chi connectivity index (χ4v) is 1.75. The molecule has 0 spiro atoms. The molecule has 0 aromatic carbocycles. The molecule has 0 unspecified atom stereocenters. The zero-order chi connectivity index (χ0) is 6.27. The summed E-state index contributed by atoms with van der Waals surface area (Å²) in [5.41, 5.74) is 0.932. The minimum atomic E-state index is 0.797. The zero-order valence-corrected chi connectivity index (χ0v) is 5.95. The van der Waals surface area contributed by atoms with Crippen molar-refractivity contribution in [1.82, 2.24) is 4.98 Å². The van der Waals surface area contributed by atoms with E-state index in [1.807, 2.05) is 5.38 Å². The third-order valence-corrected chi connectivity index (χ3v) is 2.55. The molecule has 0 amide bonds. The van der Waals surface area contributed by atoms with Crippen LogP contribution in [0.2, 0.25) is 0 Å². The van der Waals surface area contributed by atoms with Crippen molar-refractivity contribution in [3.8, 4) is 0 Å². The Kier molecular flexibility index (Phi) is 1.09. The lowest BCUT2D eigenvalue weighted by Gasteiger charge is -1.82. The summed E-state index contributed by atoms with van der Waals surface area (Å²) in [4.78, 5) is 4.28. The SMILES string of the molecule is [CH2]c1csc(C2CC2)n1. The third kappa shape index (κ3) is 0.990. The molecule has 1 radical (unpaired) electrons. The van der Waals surface area contributed by atoms with Crippen LogP contribution in [-0.2, 0) is 0 Å². The van der Waals surface area contributed by atoms with Gasteiger partial charge in [0.2, 0.25) is 0 Å². The van der Waals surface area contributed by atoms with E-state index in [1.165, 1.54) is 17.8 Å². The Morgan fingerprint density at radius 1 is 1.67 bits per heavy atom. The Morgan fingerprint density at radius 3 is 2.89 bits per heavy atom. The lowest BCUT2D eigenvalue weighted by atomic mass is 10.4. The van der Waals surface area contributed by atoms with Gasteiger partial charge in [-0.1, -0.05) is 0 Å². The first-order valence-corrected chi connectivity index (χ1v) is 4.01. The molecule has 1 aromatic rings. The fraction of sp³-hybridized carbons (Fsp3) is 0.429. The molecule has 1 aliphatic rings. The summed E-state index contributed by atoms with van der Waals surface area (Å²) in [5.74, 6) is 0.797. The maximum absolute atomic E-state index is 4.28. The average Bonchev–Trinajstić information content (AvgIpc) is 2.58. The summed E-state index contributed by atoms with van der Waals surface area (Å²) >= 11 is 1.75. The van der Waals surface area contributed by atoms with E-state index in [-0.39, 0.29) is 0 Å². The average molecular weight is 138 g/mol. The summed E-state index contributed by atoms with van der Waals surface area (Å²) in [5, 5.41) is 3.31. The fourth-order valence-electron chi connectivity index (χ4n) is 0.840. The first-order valence-electron chi connectivity index (χ1n) is 3.13. The second-order valence-electron chi connectivity index (χ2n) is 2.45. The van der Waals surface area contributed by atoms with Crippen molar-refractivity contribution in [2.75, 3.05) is 0 Å². The molecule has 47 valence electrons. The number of rotatable bonds is 1. The topological polar surface area (TPSA) is 12.9 Å². The third-order valence-electron chi connectivity index (χ3n) is 1.50. The molecule has 1 aliphatic carbocycles. The van der Waals surface area contributed by atoms with Gasteiger partial charge in [0.1, 0.15) is 0 Å². The Labute approximate surface area is 58.7 Å². The number of aromatic nitrogens is 1. The van der Waals surface area contributed by atoms with Gasteiger partial charge in [0, 0.05) is 11.3 Å². The van der Waals surface area contributed by atoms with Crippen molar-refractivity contribution in [3.63, 3.8) is 0 Å². The van der Waals surface area contributed by atoms with E-state index in [1.54, 1.807) is 11.3 Å². The van der Waals surface area contributed by atoms with E-state index in [2.05, 4.69) is 11.9 Å². The highest BCUT2D eigenvalue weighted by Gasteiger charge is 2.25. The summed E-state index contributed by atoms with van der Waals surface area (Å²) in [7, 11) is 0. The summed E-state index contributed by atoms with van der Waals surface area (Å²) in [6, 6.07) is 0. The van der Waals surface area contributed by atoms with Crippen molar-refractivity contribution in [2.45, 2.75) is 18.8 Å². The van der Waals surface area contributed by atoms with Gasteiger partial charge in [0.15, 0.2) is 0 Å². The summed E-state index contributed by atoms with van der Waals surface area (Å²) in [6.07, 6.45) is 2.68. The van der Waals surface area contributed by atoms with Gasteiger partial charge in [-0.25, -0.2) is 4.98 Å². The van der Waals surface area contributed by atoms with Crippen LogP contribution in [0.4, 0.5) is 0 Å². The van der Waals surface area contributed by atoms with Gasteiger partial charge in [-0.3, -0.25) is 0 Å². The molecule has 0 atom stereocenters. The normalized spacial score (nSPS) is 18.3. The van der Waals surface area contributed by atoms with Crippen molar-refractivity contribution >= 4 is 11.3 Å². The van der Waals surface area contributed by atoms with Crippen LogP contribution in [0.15, 0.2) is 5.38 Å². The largest absolute Gasteiger partial charge is 0.246 e. The smallest absolute Gasteiger partial charge is 0.0959 e. The van der Waals surface area contributed by atoms with Crippen LogP contribution in [0.25, 0.3) is 0 Å². The van der Waals surface area contributed by atoms with Gasteiger partial charge in [0.05, 0.1) is 10.7 Å². The lowest BCUT2D eigenvalue weighted by molar-refractivity contribution is 1.07. The molecule has 1 fully saturated rings. The number of thiazole rings is 1. The first kappa shape index (κ1) is 5.42. The lowest BCUT2D eigenvalue weighted by Crippen LogP contribution is -1.75. The van der Waals surface area contributed by atoms with Crippen LogP contribution in [0.5, 0.6) is 0 Å². The molecule has 1 heterocycles. The van der Waals surface area contributed by atoms with Crippen LogP contribution in [0.1, 0.15) is 29.5 Å². The molecule has 0 N–H and O–H groups in total. The van der Waals surface area contributed by atoms with Crippen LogP contribution in [0, 0.1) is 6.92 Å². The monoisotopic (exact) mass is 138 g/mol. The molecule has 1 saturated carbocycles. The molecule has 2 heteroatoms. The minimum Gasteiger partial charge on any atom is -0.246 e. The van der Waals surface area contributed by atoms with E-state index in [4.69, 9.17) is 0 Å². The van der Waals surface area contributed by atoms with Gasteiger partial charge >= 0.3 is 0 Å². The Morgan fingerprint density at radius 2 is 2.44 bits per heavy atom. The maximum Gasteiger partial charge on any atom is 0.0959 e. The molecule has 9 heavy (non-hydrogen) atoms. The molecule has 0 saturated heterocycles. The van der Waals surface area contributed by atoms with Crippen LogP contribution < -0.4 is 0 Å². The number of hydrogen-bond donors (Lipinski definition) is 0. The highest BCUT2D eigenvalue weighted by molar-refractivity contribution is 7.09. The Hall–Kier alpha value is -0.370. The Balaban J connectivity index is 2.28. The van der Waals surface area contributed by atoms with Crippen LogP contribution >= 0.6 is 11.3 Å². The van der Waals surface area contributed by atoms with E-state index < -0.39 is 0 Å². The van der Waals surface area contributed by atoms with Crippen LogP contribution in [-0.4, -0.2) is 4.98 Å². The van der Waals surface area contributed by atoms with Crippen LogP contribution in [0.3, 0.4) is 0 Å². The van der Waals surface area contributed by atoms with E-state index in [9.17, 15) is 0 Å². The molecule has 0 aliphatic heterocycles. The summed E-state index contributed by atoms with van der Waals surface area (Å²) < 4.78 is 0. The number of nitrogens with zero attached hydrogens (tertiary/aromatic N) is 1. The first-order chi connectivity index (χ1) is 4.36.